The highest BCUT2D eigenvalue weighted by Crippen LogP contribution is 2.05. The van der Waals surface area contributed by atoms with E-state index in [-0.39, 0.29) is 24.7 Å². The fraction of sp³-hybridized carbons (Fsp3) is 0.700. The minimum absolute atomic E-state index is 0.0842. The van der Waals surface area contributed by atoms with Gasteiger partial charge in [0.1, 0.15) is 6.04 Å². The number of hydrogen-bond acceptors (Lipinski definition) is 3. The number of nitrogens with one attached hydrogen (secondary N) is 2. The fourth-order valence-corrected chi connectivity index (χ4v) is 1.56. The molecule has 1 atom stereocenters. The Bertz CT molecular complexity index is 291. The predicted molar refractivity (Wildman–Crippen MR) is 55.7 cm³/mol. The van der Waals surface area contributed by atoms with E-state index in [0.29, 0.717) is 13.0 Å². The van der Waals surface area contributed by atoms with Gasteiger partial charge in [-0.25, -0.2) is 0 Å². The summed E-state index contributed by atoms with van der Waals surface area (Å²) in [6, 6.07) is -0.510. The van der Waals surface area contributed by atoms with E-state index >= 15 is 0 Å². The molecule has 1 rings (SSSR count). The van der Waals surface area contributed by atoms with E-state index in [1.165, 1.54) is 0 Å². The van der Waals surface area contributed by atoms with Gasteiger partial charge in [-0.05, 0) is 19.3 Å². The lowest BCUT2D eigenvalue weighted by molar-refractivity contribution is -0.139. The molecule has 3 N–H and O–H groups in total. The van der Waals surface area contributed by atoms with Crippen molar-refractivity contribution in [3.63, 3.8) is 0 Å². The highest BCUT2D eigenvalue weighted by atomic mass is 16.4. The number of carbonyl (C=O) groups excluding carboxylic acids is 2. The van der Waals surface area contributed by atoms with Gasteiger partial charge in [0.15, 0.2) is 0 Å². The van der Waals surface area contributed by atoms with Gasteiger partial charge in [-0.1, -0.05) is 0 Å². The largest absolute Gasteiger partial charge is 0.481 e. The Labute approximate surface area is 93.4 Å². The van der Waals surface area contributed by atoms with Crippen molar-refractivity contribution in [2.75, 3.05) is 6.54 Å². The normalized spacial score (nSPS) is 20.8. The van der Waals surface area contributed by atoms with Gasteiger partial charge in [0.05, 0.1) is 6.42 Å². The van der Waals surface area contributed by atoms with Crippen LogP contribution in [-0.4, -0.2) is 35.5 Å². The quantitative estimate of drug-likeness (QED) is 0.612. The van der Waals surface area contributed by atoms with Gasteiger partial charge in [-0.2, -0.15) is 0 Å². The second-order valence-corrected chi connectivity index (χ2v) is 3.80. The lowest BCUT2D eigenvalue weighted by Crippen LogP contribution is -2.45. The second-order valence-electron chi connectivity index (χ2n) is 3.80. The van der Waals surface area contributed by atoms with E-state index in [9.17, 15) is 14.4 Å². The van der Waals surface area contributed by atoms with E-state index < -0.39 is 12.0 Å². The first-order valence-electron chi connectivity index (χ1n) is 5.38. The first-order chi connectivity index (χ1) is 7.59. The highest BCUT2D eigenvalue weighted by Gasteiger charge is 2.22. The molecule has 0 aromatic heterocycles. The Hall–Kier alpha value is -1.59. The number of aliphatic carboxylic acids is 1. The average Bonchev–Trinajstić information content (AvgIpc) is 2.42. The molecule has 0 radical (unpaired) electrons. The summed E-state index contributed by atoms with van der Waals surface area (Å²) in [5.41, 5.74) is 0. The molecule has 0 spiro atoms. The number of carbonyl (C=O) groups is 3. The third-order valence-electron chi connectivity index (χ3n) is 2.44. The van der Waals surface area contributed by atoms with Crippen LogP contribution in [0.1, 0.15) is 32.1 Å². The fourth-order valence-electron chi connectivity index (χ4n) is 1.56. The summed E-state index contributed by atoms with van der Waals surface area (Å²) in [5, 5.41) is 13.7. The number of carboxylic acid groups (broad SMARTS) is 1. The summed E-state index contributed by atoms with van der Waals surface area (Å²) in [7, 11) is 0. The number of hydrogen-bond donors (Lipinski definition) is 3. The summed E-state index contributed by atoms with van der Waals surface area (Å²) >= 11 is 0. The Morgan fingerprint density at radius 1 is 1.38 bits per heavy atom. The van der Waals surface area contributed by atoms with Gasteiger partial charge in [-0.15, -0.1) is 0 Å². The van der Waals surface area contributed by atoms with Crippen molar-refractivity contribution in [2.24, 2.45) is 0 Å². The molecular weight excluding hydrogens is 212 g/mol. The molecule has 1 unspecified atom stereocenters. The van der Waals surface area contributed by atoms with Gasteiger partial charge >= 0.3 is 5.97 Å². The van der Waals surface area contributed by atoms with Crippen LogP contribution in [-0.2, 0) is 14.4 Å². The lowest BCUT2D eigenvalue weighted by Gasteiger charge is -2.14. The molecule has 90 valence electrons. The van der Waals surface area contributed by atoms with Crippen LogP contribution in [0.5, 0.6) is 0 Å². The molecule has 0 bridgehead atoms. The Morgan fingerprint density at radius 2 is 2.12 bits per heavy atom. The number of rotatable bonds is 4. The van der Waals surface area contributed by atoms with Crippen LogP contribution in [0, 0.1) is 0 Å². The first-order valence-corrected chi connectivity index (χ1v) is 5.38. The van der Waals surface area contributed by atoms with Crippen molar-refractivity contribution in [1.82, 2.24) is 10.6 Å². The summed E-state index contributed by atoms with van der Waals surface area (Å²) in [5.74, 6) is -1.58. The Morgan fingerprint density at radius 3 is 2.81 bits per heavy atom. The van der Waals surface area contributed by atoms with E-state index in [0.717, 1.165) is 12.8 Å². The molecule has 16 heavy (non-hydrogen) atoms. The van der Waals surface area contributed by atoms with Crippen molar-refractivity contribution >= 4 is 17.8 Å². The van der Waals surface area contributed by atoms with Crippen LogP contribution in [0.4, 0.5) is 0 Å². The lowest BCUT2D eigenvalue weighted by atomic mass is 10.1. The van der Waals surface area contributed by atoms with Gasteiger partial charge < -0.3 is 15.7 Å². The van der Waals surface area contributed by atoms with Crippen LogP contribution in [0.2, 0.25) is 0 Å². The van der Waals surface area contributed by atoms with Crippen molar-refractivity contribution in [3.05, 3.63) is 0 Å². The zero-order chi connectivity index (χ0) is 12.0. The van der Waals surface area contributed by atoms with Gasteiger partial charge in [0.2, 0.25) is 11.8 Å². The van der Waals surface area contributed by atoms with E-state index in [2.05, 4.69) is 10.6 Å². The molecule has 1 saturated heterocycles. The summed E-state index contributed by atoms with van der Waals surface area (Å²) in [4.78, 5) is 33.0. The molecule has 6 heteroatoms. The molecule has 0 aromatic rings. The molecular formula is C10H16N2O4. The van der Waals surface area contributed by atoms with Gasteiger partial charge in [0, 0.05) is 13.0 Å². The van der Waals surface area contributed by atoms with Crippen LogP contribution < -0.4 is 10.6 Å². The maximum atomic E-state index is 11.4. The molecule has 1 heterocycles. The van der Waals surface area contributed by atoms with Crippen LogP contribution in [0.3, 0.4) is 0 Å². The topological polar surface area (TPSA) is 95.5 Å². The smallest absolute Gasteiger partial charge is 0.303 e. The third-order valence-corrected chi connectivity index (χ3v) is 2.44. The third kappa shape index (κ3) is 4.29. The summed E-state index contributed by atoms with van der Waals surface area (Å²) in [6.07, 6.45) is 2.11. The molecule has 1 aliphatic heterocycles. The second kappa shape index (κ2) is 6.09. The summed E-state index contributed by atoms with van der Waals surface area (Å²) in [6.45, 7) is 0.639. The van der Waals surface area contributed by atoms with Crippen LogP contribution in [0.25, 0.3) is 0 Å². The zero-order valence-corrected chi connectivity index (χ0v) is 8.99. The number of amides is 2. The molecule has 0 saturated carbocycles. The van der Waals surface area contributed by atoms with Crippen LogP contribution in [0.15, 0.2) is 0 Å². The highest BCUT2D eigenvalue weighted by molar-refractivity contribution is 5.88. The Balaban J connectivity index is 2.36. The van der Waals surface area contributed by atoms with Crippen molar-refractivity contribution < 1.29 is 19.5 Å². The van der Waals surface area contributed by atoms with Crippen molar-refractivity contribution in [3.8, 4) is 0 Å². The molecule has 6 nitrogen and oxygen atoms in total. The maximum absolute atomic E-state index is 11.4. The number of carboxylic acids is 1. The van der Waals surface area contributed by atoms with E-state index in [1.54, 1.807) is 0 Å². The monoisotopic (exact) mass is 228 g/mol. The summed E-state index contributed by atoms with van der Waals surface area (Å²) < 4.78 is 0. The average molecular weight is 228 g/mol. The minimum Gasteiger partial charge on any atom is -0.481 e. The predicted octanol–water partition coefficient (Wildman–Crippen LogP) is -0.364. The van der Waals surface area contributed by atoms with Crippen LogP contribution >= 0.6 is 0 Å². The molecule has 0 aliphatic carbocycles. The maximum Gasteiger partial charge on any atom is 0.303 e. The van der Waals surface area contributed by atoms with Crippen molar-refractivity contribution in [2.45, 2.75) is 38.1 Å². The molecule has 1 aliphatic rings. The van der Waals surface area contributed by atoms with E-state index in [1.807, 2.05) is 0 Å². The van der Waals surface area contributed by atoms with Crippen molar-refractivity contribution in [1.29, 1.82) is 0 Å². The minimum atomic E-state index is -1.01. The molecule has 0 aromatic carbocycles. The Kier molecular flexibility index (Phi) is 4.75. The van der Waals surface area contributed by atoms with Gasteiger partial charge in [0.25, 0.3) is 0 Å². The molecule has 2 amide bonds. The SMILES string of the molecule is O=C(O)CCC(=O)NC1CCCCNC1=O. The van der Waals surface area contributed by atoms with E-state index in [4.69, 9.17) is 5.11 Å². The zero-order valence-electron chi connectivity index (χ0n) is 8.99. The van der Waals surface area contributed by atoms with Gasteiger partial charge in [-0.3, -0.25) is 14.4 Å². The standard InChI is InChI=1S/C10H16N2O4/c13-8(4-5-9(14)15)12-7-3-1-2-6-11-10(7)16/h7H,1-6H2,(H,11,16)(H,12,13)(H,14,15). The first kappa shape index (κ1) is 12.5. The molecule has 1 fully saturated rings.